The number of halogens is 3. The fraction of sp³-hybridized carbons (Fsp3) is 0.0769. The third kappa shape index (κ3) is 3.10. The zero-order valence-corrected chi connectivity index (χ0v) is 12.4. The van der Waals surface area contributed by atoms with E-state index in [1.54, 1.807) is 18.2 Å². The first kappa shape index (κ1) is 13.5. The number of nitrogen functional groups attached to an aromatic ring is 1. The van der Waals surface area contributed by atoms with Crippen LogP contribution in [0, 0.1) is 0 Å². The van der Waals surface area contributed by atoms with E-state index in [9.17, 15) is 0 Å². The Balaban J connectivity index is 2.14. The molecule has 2 rings (SSSR count). The lowest BCUT2D eigenvalue weighted by molar-refractivity contribution is 0.306. The van der Waals surface area contributed by atoms with Crippen LogP contribution in [0.5, 0.6) is 5.75 Å². The summed E-state index contributed by atoms with van der Waals surface area (Å²) in [5, 5.41) is 0.986. The minimum atomic E-state index is 0.362. The summed E-state index contributed by atoms with van der Waals surface area (Å²) in [7, 11) is 0. The second-order valence-corrected chi connectivity index (χ2v) is 5.36. The van der Waals surface area contributed by atoms with Crippen molar-refractivity contribution >= 4 is 44.8 Å². The third-order valence-corrected chi connectivity index (χ3v) is 3.68. The minimum absolute atomic E-state index is 0.362. The van der Waals surface area contributed by atoms with E-state index in [4.69, 9.17) is 33.7 Å². The van der Waals surface area contributed by atoms with Crippen LogP contribution in [-0.2, 0) is 6.61 Å². The van der Waals surface area contributed by atoms with E-state index in [0.717, 1.165) is 10.0 Å². The molecule has 0 unspecified atom stereocenters. The van der Waals surface area contributed by atoms with Crippen molar-refractivity contribution in [3.05, 3.63) is 56.5 Å². The van der Waals surface area contributed by atoms with Gasteiger partial charge in [0.15, 0.2) is 5.75 Å². The van der Waals surface area contributed by atoms with Crippen LogP contribution in [0.25, 0.3) is 0 Å². The lowest BCUT2D eigenvalue weighted by Gasteiger charge is -2.10. The summed E-state index contributed by atoms with van der Waals surface area (Å²) in [5.74, 6) is 0.488. The highest BCUT2D eigenvalue weighted by Gasteiger charge is 2.07. The molecule has 18 heavy (non-hydrogen) atoms. The molecule has 0 aromatic heterocycles. The summed E-state index contributed by atoms with van der Waals surface area (Å²) >= 11 is 15.4. The highest BCUT2D eigenvalue weighted by molar-refractivity contribution is 9.10. The SMILES string of the molecule is Nc1cc(COc2c(Cl)cccc2Cl)ccc1Br. The van der Waals surface area contributed by atoms with Gasteiger partial charge in [-0.1, -0.05) is 35.3 Å². The van der Waals surface area contributed by atoms with Crippen LogP contribution in [0.2, 0.25) is 10.0 Å². The van der Waals surface area contributed by atoms with E-state index in [-0.39, 0.29) is 0 Å². The molecular weight excluding hydrogens is 337 g/mol. The van der Waals surface area contributed by atoms with Crippen molar-refractivity contribution in [2.45, 2.75) is 6.61 Å². The molecule has 0 heterocycles. The number of rotatable bonds is 3. The Morgan fingerprint density at radius 1 is 1.11 bits per heavy atom. The molecule has 0 saturated heterocycles. The van der Waals surface area contributed by atoms with Gasteiger partial charge in [0.2, 0.25) is 0 Å². The number of hydrogen-bond donors (Lipinski definition) is 1. The van der Waals surface area contributed by atoms with Crippen LogP contribution >= 0.6 is 39.1 Å². The second kappa shape index (κ2) is 5.83. The predicted molar refractivity (Wildman–Crippen MR) is 79.3 cm³/mol. The molecule has 0 spiro atoms. The lowest BCUT2D eigenvalue weighted by atomic mass is 10.2. The molecule has 5 heteroatoms. The van der Waals surface area contributed by atoms with Crippen molar-refractivity contribution in [2.24, 2.45) is 0 Å². The standard InChI is InChI=1S/C13H10BrCl2NO/c14-9-5-4-8(6-12(9)17)7-18-13-10(15)2-1-3-11(13)16/h1-6H,7,17H2. The van der Waals surface area contributed by atoms with E-state index in [1.807, 2.05) is 18.2 Å². The van der Waals surface area contributed by atoms with Gasteiger partial charge in [-0.25, -0.2) is 0 Å². The van der Waals surface area contributed by atoms with Gasteiger partial charge in [0.1, 0.15) is 6.61 Å². The predicted octanol–water partition coefficient (Wildman–Crippen LogP) is 4.92. The van der Waals surface area contributed by atoms with Crippen LogP contribution in [0.4, 0.5) is 5.69 Å². The second-order valence-electron chi connectivity index (χ2n) is 3.70. The topological polar surface area (TPSA) is 35.2 Å². The lowest BCUT2D eigenvalue weighted by Crippen LogP contribution is -1.98. The maximum atomic E-state index is 6.01. The Bertz CT molecular complexity index is 555. The summed E-state index contributed by atoms with van der Waals surface area (Å²) in [6, 6.07) is 10.9. The molecule has 0 aliphatic rings. The molecule has 0 radical (unpaired) electrons. The first-order chi connectivity index (χ1) is 8.58. The van der Waals surface area contributed by atoms with Crippen molar-refractivity contribution in [1.29, 1.82) is 0 Å². The Labute approximate surface area is 124 Å². The largest absolute Gasteiger partial charge is 0.486 e. The average Bonchev–Trinajstić information content (AvgIpc) is 2.33. The van der Waals surface area contributed by atoms with Crippen LogP contribution in [0.15, 0.2) is 40.9 Å². The Morgan fingerprint density at radius 2 is 1.78 bits per heavy atom. The molecule has 0 amide bonds. The normalized spacial score (nSPS) is 10.4. The Morgan fingerprint density at radius 3 is 2.39 bits per heavy atom. The van der Waals surface area contributed by atoms with Crippen molar-refractivity contribution in [2.75, 3.05) is 5.73 Å². The van der Waals surface area contributed by atoms with Gasteiger partial charge in [-0.15, -0.1) is 0 Å². The van der Waals surface area contributed by atoms with E-state index < -0.39 is 0 Å². The van der Waals surface area contributed by atoms with Crippen molar-refractivity contribution < 1.29 is 4.74 Å². The molecular formula is C13H10BrCl2NO. The zero-order chi connectivity index (χ0) is 13.1. The van der Waals surface area contributed by atoms with Crippen molar-refractivity contribution in [3.8, 4) is 5.75 Å². The monoisotopic (exact) mass is 345 g/mol. The quantitative estimate of drug-likeness (QED) is 0.801. The van der Waals surface area contributed by atoms with E-state index in [1.165, 1.54) is 0 Å². The van der Waals surface area contributed by atoms with E-state index in [2.05, 4.69) is 15.9 Å². The molecule has 0 aliphatic heterocycles. The minimum Gasteiger partial charge on any atom is -0.486 e. The summed E-state index contributed by atoms with van der Waals surface area (Å²) in [4.78, 5) is 0. The van der Waals surface area contributed by atoms with Gasteiger partial charge in [0.25, 0.3) is 0 Å². The zero-order valence-electron chi connectivity index (χ0n) is 9.29. The molecule has 0 fully saturated rings. The van der Waals surface area contributed by atoms with Gasteiger partial charge < -0.3 is 10.5 Å². The molecule has 2 aromatic rings. The number of benzene rings is 2. The number of nitrogens with two attached hydrogens (primary N) is 1. The number of para-hydroxylation sites is 1. The smallest absolute Gasteiger partial charge is 0.156 e. The van der Waals surface area contributed by atoms with Gasteiger partial charge in [0.05, 0.1) is 10.0 Å². The van der Waals surface area contributed by atoms with Crippen LogP contribution in [0.1, 0.15) is 5.56 Å². The summed E-state index contributed by atoms with van der Waals surface area (Å²) < 4.78 is 6.48. The average molecular weight is 347 g/mol. The molecule has 0 bridgehead atoms. The Hall–Kier alpha value is -0.900. The van der Waals surface area contributed by atoms with E-state index >= 15 is 0 Å². The van der Waals surface area contributed by atoms with E-state index in [0.29, 0.717) is 28.1 Å². The summed E-state index contributed by atoms with van der Waals surface area (Å²) in [6.45, 7) is 0.362. The maximum Gasteiger partial charge on any atom is 0.156 e. The van der Waals surface area contributed by atoms with Gasteiger partial charge in [0, 0.05) is 10.2 Å². The fourth-order valence-electron chi connectivity index (χ4n) is 1.46. The highest BCUT2D eigenvalue weighted by atomic mass is 79.9. The summed E-state index contributed by atoms with van der Waals surface area (Å²) in [5.41, 5.74) is 7.41. The van der Waals surface area contributed by atoms with Crippen molar-refractivity contribution in [1.82, 2.24) is 0 Å². The number of hydrogen-bond acceptors (Lipinski definition) is 2. The molecule has 2 nitrogen and oxygen atoms in total. The molecule has 94 valence electrons. The van der Waals surface area contributed by atoms with Crippen LogP contribution in [0.3, 0.4) is 0 Å². The van der Waals surface area contributed by atoms with Gasteiger partial charge in [-0.3, -0.25) is 0 Å². The number of anilines is 1. The van der Waals surface area contributed by atoms with Crippen molar-refractivity contribution in [3.63, 3.8) is 0 Å². The molecule has 0 atom stereocenters. The first-order valence-corrected chi connectivity index (χ1v) is 6.73. The summed E-state index contributed by atoms with van der Waals surface area (Å²) in [6.07, 6.45) is 0. The van der Waals surface area contributed by atoms with Crippen LogP contribution in [-0.4, -0.2) is 0 Å². The Kier molecular flexibility index (Phi) is 4.38. The molecule has 0 saturated carbocycles. The molecule has 2 aromatic carbocycles. The van der Waals surface area contributed by atoms with Crippen LogP contribution < -0.4 is 10.5 Å². The number of ether oxygens (including phenoxy) is 1. The molecule has 2 N–H and O–H groups in total. The first-order valence-electron chi connectivity index (χ1n) is 5.18. The fourth-order valence-corrected chi connectivity index (χ4v) is 2.21. The molecule has 0 aliphatic carbocycles. The van der Waals surface area contributed by atoms with Gasteiger partial charge in [-0.05, 0) is 45.8 Å². The third-order valence-electron chi connectivity index (χ3n) is 2.36. The highest BCUT2D eigenvalue weighted by Crippen LogP contribution is 2.33. The van der Waals surface area contributed by atoms with Gasteiger partial charge in [-0.2, -0.15) is 0 Å². The maximum absolute atomic E-state index is 6.01. The van der Waals surface area contributed by atoms with Gasteiger partial charge >= 0.3 is 0 Å².